The first-order chi connectivity index (χ1) is 11.7. The summed E-state index contributed by atoms with van der Waals surface area (Å²) in [7, 11) is 0. The smallest absolute Gasteiger partial charge is 0.315 e. The molecule has 1 aliphatic rings. The number of amides is 1. The summed E-state index contributed by atoms with van der Waals surface area (Å²) in [4.78, 5) is 25.4. The normalized spacial score (nSPS) is 15.1. The minimum absolute atomic E-state index is 0.161. The summed E-state index contributed by atoms with van der Waals surface area (Å²) in [6.07, 6.45) is 1.65. The van der Waals surface area contributed by atoms with Gasteiger partial charge in [-0.15, -0.1) is 0 Å². The van der Waals surface area contributed by atoms with Crippen LogP contribution in [0, 0.1) is 0 Å². The van der Waals surface area contributed by atoms with E-state index in [0.29, 0.717) is 6.61 Å². The fourth-order valence-electron chi connectivity index (χ4n) is 2.70. The maximum absolute atomic E-state index is 11.7. The minimum atomic E-state index is -0.457. The molecule has 1 heterocycles. The summed E-state index contributed by atoms with van der Waals surface area (Å²) in [6.45, 7) is 8.91. The van der Waals surface area contributed by atoms with E-state index in [4.69, 9.17) is 4.74 Å². The molecule has 0 atom stereocenters. The molecule has 0 radical (unpaired) electrons. The highest BCUT2D eigenvalue weighted by molar-refractivity contribution is 5.94. The van der Waals surface area contributed by atoms with Crippen LogP contribution in [0.25, 0.3) is 0 Å². The Morgan fingerprint density at radius 3 is 2.38 bits per heavy atom. The van der Waals surface area contributed by atoms with E-state index in [2.05, 4.69) is 34.5 Å². The van der Waals surface area contributed by atoms with Gasteiger partial charge in [-0.1, -0.05) is 44.2 Å². The molecular weight excluding hydrogens is 304 g/mol. The summed E-state index contributed by atoms with van der Waals surface area (Å²) in [5, 5.41) is 2.93. The lowest BCUT2D eigenvalue weighted by Crippen LogP contribution is -2.44. The molecule has 1 N–H and O–H groups in total. The molecule has 1 aromatic rings. The topological polar surface area (TPSA) is 58.6 Å². The Balaban J connectivity index is 0.00000139. The van der Waals surface area contributed by atoms with Gasteiger partial charge in [-0.05, 0) is 25.3 Å². The number of carbonyl (C=O) groups is 2. The van der Waals surface area contributed by atoms with Gasteiger partial charge in [0.25, 0.3) is 0 Å². The van der Waals surface area contributed by atoms with E-state index in [9.17, 15) is 9.59 Å². The number of benzene rings is 1. The van der Waals surface area contributed by atoms with Crippen molar-refractivity contribution < 1.29 is 14.3 Å². The van der Waals surface area contributed by atoms with Gasteiger partial charge in [0.1, 0.15) is 6.42 Å². The van der Waals surface area contributed by atoms with Crippen molar-refractivity contribution in [2.24, 2.45) is 0 Å². The molecule has 0 bridgehead atoms. The molecule has 134 valence electrons. The monoisotopic (exact) mass is 334 g/mol. The number of esters is 1. The van der Waals surface area contributed by atoms with Crippen molar-refractivity contribution in [3.8, 4) is 0 Å². The quantitative estimate of drug-likeness (QED) is 0.642. The second-order valence-corrected chi connectivity index (χ2v) is 5.59. The molecule has 0 spiro atoms. The Kier molecular flexibility index (Phi) is 9.77. The molecule has 1 aromatic carbocycles. The lowest BCUT2D eigenvalue weighted by molar-refractivity contribution is -0.146. The van der Waals surface area contributed by atoms with Crippen molar-refractivity contribution in [1.82, 2.24) is 10.2 Å². The van der Waals surface area contributed by atoms with Crippen molar-refractivity contribution in [2.45, 2.75) is 52.6 Å². The van der Waals surface area contributed by atoms with Crippen LogP contribution in [0.5, 0.6) is 0 Å². The number of piperidine rings is 1. The van der Waals surface area contributed by atoms with Gasteiger partial charge in [-0.3, -0.25) is 14.5 Å². The van der Waals surface area contributed by atoms with E-state index in [-0.39, 0.29) is 18.4 Å². The Morgan fingerprint density at radius 1 is 1.17 bits per heavy atom. The molecule has 0 aromatic heterocycles. The van der Waals surface area contributed by atoms with Crippen molar-refractivity contribution in [1.29, 1.82) is 0 Å². The van der Waals surface area contributed by atoms with Gasteiger partial charge in [0, 0.05) is 25.7 Å². The molecule has 0 aliphatic carbocycles. The van der Waals surface area contributed by atoms with Crippen molar-refractivity contribution >= 4 is 11.9 Å². The predicted molar refractivity (Wildman–Crippen MR) is 95.5 cm³/mol. The van der Waals surface area contributed by atoms with Gasteiger partial charge >= 0.3 is 5.97 Å². The molecule has 5 heteroatoms. The molecule has 1 saturated heterocycles. The maximum atomic E-state index is 11.7. The average Bonchev–Trinajstić information content (AvgIpc) is 2.59. The van der Waals surface area contributed by atoms with Crippen molar-refractivity contribution in [3.05, 3.63) is 35.9 Å². The van der Waals surface area contributed by atoms with Gasteiger partial charge in [0.05, 0.1) is 6.61 Å². The Hall–Kier alpha value is -1.88. The number of ether oxygens (including phenoxy) is 1. The summed E-state index contributed by atoms with van der Waals surface area (Å²) in [5.41, 5.74) is 1.31. The highest BCUT2D eigenvalue weighted by Crippen LogP contribution is 2.14. The number of nitrogens with zero attached hydrogens (tertiary/aromatic N) is 1. The minimum Gasteiger partial charge on any atom is -0.466 e. The fraction of sp³-hybridized carbons (Fsp3) is 0.579. The van der Waals surface area contributed by atoms with Gasteiger partial charge in [0.2, 0.25) is 5.91 Å². The van der Waals surface area contributed by atoms with E-state index in [1.165, 1.54) is 5.56 Å². The third-order valence-corrected chi connectivity index (χ3v) is 3.81. The van der Waals surface area contributed by atoms with Gasteiger partial charge in [-0.25, -0.2) is 0 Å². The first kappa shape index (κ1) is 20.2. The van der Waals surface area contributed by atoms with E-state index >= 15 is 0 Å². The zero-order valence-electron chi connectivity index (χ0n) is 15.1. The van der Waals surface area contributed by atoms with E-state index in [1.807, 2.05) is 19.9 Å². The van der Waals surface area contributed by atoms with Crippen LogP contribution in [0.2, 0.25) is 0 Å². The zero-order valence-corrected chi connectivity index (χ0v) is 15.1. The molecule has 24 heavy (non-hydrogen) atoms. The Morgan fingerprint density at radius 2 is 1.79 bits per heavy atom. The lowest BCUT2D eigenvalue weighted by atomic mass is 10.0. The summed E-state index contributed by atoms with van der Waals surface area (Å²) >= 11 is 0. The van der Waals surface area contributed by atoms with Crippen LogP contribution in [0.4, 0.5) is 0 Å². The van der Waals surface area contributed by atoms with Gasteiger partial charge in [-0.2, -0.15) is 0 Å². The molecule has 1 aliphatic heterocycles. The van der Waals surface area contributed by atoms with Gasteiger partial charge < -0.3 is 10.1 Å². The van der Waals surface area contributed by atoms with Crippen LogP contribution in [-0.2, 0) is 20.9 Å². The predicted octanol–water partition coefficient (Wildman–Crippen LogP) is 2.75. The lowest BCUT2D eigenvalue weighted by Gasteiger charge is -2.32. The van der Waals surface area contributed by atoms with Crippen LogP contribution in [0.15, 0.2) is 30.3 Å². The van der Waals surface area contributed by atoms with Gasteiger partial charge in [0.15, 0.2) is 0 Å². The summed E-state index contributed by atoms with van der Waals surface area (Å²) in [6, 6.07) is 10.6. The number of rotatable bonds is 6. The molecule has 1 fully saturated rings. The van der Waals surface area contributed by atoms with Crippen LogP contribution in [0.3, 0.4) is 0 Å². The number of likely N-dealkylation sites (tertiary alicyclic amines) is 1. The molecule has 1 amide bonds. The zero-order chi connectivity index (χ0) is 17.8. The van der Waals surface area contributed by atoms with E-state index < -0.39 is 5.97 Å². The molecule has 2 rings (SSSR count). The highest BCUT2D eigenvalue weighted by atomic mass is 16.5. The largest absolute Gasteiger partial charge is 0.466 e. The van der Waals surface area contributed by atoms with E-state index in [0.717, 1.165) is 32.5 Å². The second-order valence-electron chi connectivity index (χ2n) is 5.59. The van der Waals surface area contributed by atoms with Crippen LogP contribution in [-0.4, -0.2) is 42.5 Å². The average molecular weight is 334 g/mol. The van der Waals surface area contributed by atoms with Crippen molar-refractivity contribution in [2.75, 3.05) is 19.7 Å². The molecule has 0 unspecified atom stereocenters. The number of hydrogen-bond donors (Lipinski definition) is 1. The molecular formula is C19H30N2O3. The first-order valence-corrected chi connectivity index (χ1v) is 8.88. The van der Waals surface area contributed by atoms with Crippen LogP contribution < -0.4 is 5.32 Å². The van der Waals surface area contributed by atoms with Crippen LogP contribution >= 0.6 is 0 Å². The standard InChI is InChI=1S/C17H24N2O3.C2H6/c1-2-22-17(21)12-16(20)18-15-8-10-19(11-9-15)13-14-6-4-3-5-7-14;1-2/h3-7,15H,2,8-13H2,1H3,(H,18,20);1-2H3. The molecule has 0 saturated carbocycles. The summed E-state index contributed by atoms with van der Waals surface area (Å²) in [5.74, 6) is -0.693. The number of nitrogens with one attached hydrogen (secondary N) is 1. The highest BCUT2D eigenvalue weighted by Gasteiger charge is 2.21. The first-order valence-electron chi connectivity index (χ1n) is 8.88. The molecule has 5 nitrogen and oxygen atoms in total. The SMILES string of the molecule is CC.CCOC(=O)CC(=O)NC1CCN(Cc2ccccc2)CC1. The number of carbonyl (C=O) groups excluding carboxylic acids is 2. The fourth-order valence-corrected chi connectivity index (χ4v) is 2.70. The second kappa shape index (κ2) is 11.6. The Bertz CT molecular complexity index is 483. The van der Waals surface area contributed by atoms with Crippen molar-refractivity contribution in [3.63, 3.8) is 0 Å². The number of hydrogen-bond acceptors (Lipinski definition) is 4. The Labute approximate surface area is 145 Å². The maximum Gasteiger partial charge on any atom is 0.315 e. The third-order valence-electron chi connectivity index (χ3n) is 3.81. The van der Waals surface area contributed by atoms with Crippen LogP contribution in [0.1, 0.15) is 45.6 Å². The summed E-state index contributed by atoms with van der Waals surface area (Å²) < 4.78 is 4.78. The van der Waals surface area contributed by atoms with E-state index in [1.54, 1.807) is 6.92 Å². The third kappa shape index (κ3) is 7.59.